The van der Waals surface area contributed by atoms with Gasteiger partial charge in [0.05, 0.1) is 19.1 Å². The second-order valence-corrected chi connectivity index (χ2v) is 10.5. The third-order valence-electron chi connectivity index (χ3n) is 6.14. The summed E-state index contributed by atoms with van der Waals surface area (Å²) in [5.41, 5.74) is 1.69. The molecule has 0 aliphatic rings. The molecule has 38 heavy (non-hydrogen) atoms. The molecule has 0 atom stereocenters. The summed E-state index contributed by atoms with van der Waals surface area (Å²) >= 11 is 0. The third-order valence-corrected chi connectivity index (χ3v) is 7.93. The minimum atomic E-state index is -4.45. The summed E-state index contributed by atoms with van der Waals surface area (Å²) < 4.78 is 39.6. The van der Waals surface area contributed by atoms with Gasteiger partial charge in [-0.15, -0.1) is 0 Å². The van der Waals surface area contributed by atoms with Crippen molar-refractivity contribution in [3.8, 4) is 34.2 Å². The van der Waals surface area contributed by atoms with Crippen molar-refractivity contribution in [3.63, 3.8) is 0 Å². The summed E-state index contributed by atoms with van der Waals surface area (Å²) in [6.45, 7) is 3.84. The maximum absolute atomic E-state index is 13.7. The van der Waals surface area contributed by atoms with Gasteiger partial charge in [-0.2, -0.15) is 4.98 Å². The van der Waals surface area contributed by atoms with Gasteiger partial charge in [0, 0.05) is 18.3 Å². The normalized spacial score (nSPS) is 11.4. The fraction of sp³-hybridized carbons (Fsp3) is 0.250. The Morgan fingerprint density at radius 3 is 2.21 bits per heavy atom. The van der Waals surface area contributed by atoms with Gasteiger partial charge in [0.25, 0.3) is 5.56 Å². The van der Waals surface area contributed by atoms with Crippen molar-refractivity contribution in [1.82, 2.24) is 14.5 Å². The number of hydrogen-bond acceptors (Lipinski definition) is 8. The summed E-state index contributed by atoms with van der Waals surface area (Å²) in [5.74, 6) is 0.0543. The number of hydrogen-bond donors (Lipinski definition) is 1. The molecule has 0 saturated carbocycles. The number of nitrogens with zero attached hydrogens (tertiary/aromatic N) is 3. The number of pyridine rings is 1. The molecule has 0 unspecified atom stereocenters. The van der Waals surface area contributed by atoms with Crippen LogP contribution in [0.2, 0.25) is 0 Å². The van der Waals surface area contributed by atoms with E-state index in [2.05, 4.69) is 9.97 Å². The van der Waals surface area contributed by atoms with E-state index >= 15 is 0 Å². The summed E-state index contributed by atoms with van der Waals surface area (Å²) in [4.78, 5) is 20.5. The van der Waals surface area contributed by atoms with Crippen molar-refractivity contribution < 1.29 is 23.0 Å². The molecule has 0 aliphatic carbocycles. The van der Waals surface area contributed by atoms with Crippen LogP contribution >= 0.6 is 0 Å². The highest BCUT2D eigenvalue weighted by Gasteiger charge is 2.31. The highest BCUT2D eigenvalue weighted by molar-refractivity contribution is 7.91. The maximum atomic E-state index is 13.7. The van der Waals surface area contributed by atoms with E-state index in [0.29, 0.717) is 24.3 Å². The van der Waals surface area contributed by atoms with Crippen LogP contribution < -0.4 is 15.0 Å². The molecule has 2 aromatic heterocycles. The summed E-state index contributed by atoms with van der Waals surface area (Å²) in [6.07, 6.45) is 3.45. The van der Waals surface area contributed by atoms with Crippen LogP contribution in [-0.4, -0.2) is 42.3 Å². The molecule has 2 aromatic carbocycles. The number of methoxy groups -OCH3 is 2. The van der Waals surface area contributed by atoms with Crippen LogP contribution in [0, 0.1) is 6.92 Å². The first-order chi connectivity index (χ1) is 18.2. The van der Waals surface area contributed by atoms with Crippen LogP contribution in [0.5, 0.6) is 17.4 Å². The number of para-hydroxylation sites is 1. The fourth-order valence-corrected chi connectivity index (χ4v) is 5.57. The molecule has 9 nitrogen and oxygen atoms in total. The lowest BCUT2D eigenvalue weighted by molar-refractivity contribution is 0.374. The Bertz CT molecular complexity index is 1610. The zero-order valence-electron chi connectivity index (χ0n) is 21.6. The number of sulfone groups is 1. The quantitative estimate of drug-likeness (QED) is 0.333. The van der Waals surface area contributed by atoms with Crippen LogP contribution in [0.4, 0.5) is 0 Å². The molecule has 2 heterocycles. The third kappa shape index (κ3) is 4.99. The summed E-state index contributed by atoms with van der Waals surface area (Å²) in [6, 6.07) is 14.8. The number of benzene rings is 2. The lowest BCUT2D eigenvalue weighted by Crippen LogP contribution is -2.25. The second kappa shape index (κ2) is 11.1. The molecule has 4 rings (SSSR count). The van der Waals surface area contributed by atoms with Gasteiger partial charge in [0.15, 0.2) is 4.90 Å². The van der Waals surface area contributed by atoms with Gasteiger partial charge in [0.2, 0.25) is 15.7 Å². The zero-order chi connectivity index (χ0) is 27.4. The largest absolute Gasteiger partial charge is 0.494 e. The number of rotatable bonds is 9. The standard InChI is InChI=1S/C28H29N3O6S/c1-5-6-10-24-30-27(32)26(28(33)31(24)25-22(36-3)8-7-9-23(25)37-4)38(34,35)21-13-11-19(12-14-21)20-15-16-29-18(2)17-20/h7-9,11-17,33H,5-6,10H2,1-4H3. The molecule has 198 valence electrons. The molecular weight excluding hydrogens is 506 g/mol. The van der Waals surface area contributed by atoms with Crippen molar-refractivity contribution in [2.45, 2.75) is 42.9 Å². The summed E-state index contributed by atoms with van der Waals surface area (Å²) in [5, 5.41) is 11.4. The molecule has 0 aliphatic heterocycles. The SMILES string of the molecule is CCCCc1nc(=O)c(S(=O)(=O)c2ccc(-c3ccnc(C)c3)cc2)c(O)n1-c1c(OC)cccc1OC. The minimum Gasteiger partial charge on any atom is -0.494 e. The van der Waals surface area contributed by atoms with Crippen LogP contribution in [0.1, 0.15) is 31.3 Å². The van der Waals surface area contributed by atoms with Crippen molar-refractivity contribution in [1.29, 1.82) is 0 Å². The Morgan fingerprint density at radius 1 is 0.974 bits per heavy atom. The number of aromatic hydroxyl groups is 1. The van der Waals surface area contributed by atoms with Gasteiger partial charge < -0.3 is 14.6 Å². The zero-order valence-corrected chi connectivity index (χ0v) is 22.4. The van der Waals surface area contributed by atoms with Crippen molar-refractivity contribution in [2.24, 2.45) is 0 Å². The first-order valence-electron chi connectivity index (χ1n) is 12.1. The van der Waals surface area contributed by atoms with Gasteiger partial charge in [-0.25, -0.2) is 8.42 Å². The van der Waals surface area contributed by atoms with E-state index in [1.54, 1.807) is 36.5 Å². The first-order valence-corrected chi connectivity index (χ1v) is 13.6. The van der Waals surface area contributed by atoms with Gasteiger partial charge in [-0.3, -0.25) is 14.3 Å². The van der Waals surface area contributed by atoms with Crippen LogP contribution in [0.15, 0.2) is 75.4 Å². The molecule has 4 aromatic rings. The van der Waals surface area contributed by atoms with Gasteiger partial charge in [0.1, 0.15) is 23.0 Å². The Morgan fingerprint density at radius 2 is 1.63 bits per heavy atom. The molecule has 0 fully saturated rings. The predicted octanol–water partition coefficient (Wildman–Crippen LogP) is 4.50. The Kier molecular flexibility index (Phi) is 7.82. The van der Waals surface area contributed by atoms with E-state index in [1.807, 2.05) is 26.0 Å². The van der Waals surface area contributed by atoms with Crippen molar-refractivity contribution in [2.75, 3.05) is 14.2 Å². The molecule has 0 spiro atoms. The Balaban J connectivity index is 1.92. The van der Waals surface area contributed by atoms with E-state index in [-0.39, 0.29) is 16.4 Å². The topological polar surface area (TPSA) is 121 Å². The van der Waals surface area contributed by atoms with Crippen LogP contribution in [-0.2, 0) is 16.3 Å². The molecule has 1 N–H and O–H groups in total. The number of ether oxygens (including phenoxy) is 2. The Labute approximate surface area is 221 Å². The minimum absolute atomic E-state index is 0.152. The average molecular weight is 536 g/mol. The molecule has 0 radical (unpaired) electrons. The monoisotopic (exact) mass is 535 g/mol. The molecule has 0 amide bonds. The van der Waals surface area contributed by atoms with Crippen LogP contribution in [0.25, 0.3) is 16.8 Å². The smallest absolute Gasteiger partial charge is 0.296 e. The molecule has 0 bridgehead atoms. The molecular formula is C28H29N3O6S. The molecule has 10 heteroatoms. The van der Waals surface area contributed by atoms with E-state index in [4.69, 9.17) is 9.47 Å². The first kappa shape index (κ1) is 26.9. The summed E-state index contributed by atoms with van der Waals surface area (Å²) in [7, 11) is -1.56. The fourth-order valence-electron chi connectivity index (χ4n) is 4.23. The predicted molar refractivity (Wildman–Crippen MR) is 143 cm³/mol. The Hall–Kier alpha value is -4.18. The van der Waals surface area contributed by atoms with E-state index in [0.717, 1.165) is 23.2 Å². The second-order valence-electron chi connectivity index (χ2n) is 8.65. The van der Waals surface area contributed by atoms with Gasteiger partial charge in [-0.1, -0.05) is 31.5 Å². The van der Waals surface area contributed by atoms with Gasteiger partial charge in [-0.05, 0) is 60.9 Å². The highest BCUT2D eigenvalue weighted by Crippen LogP contribution is 2.38. The van der Waals surface area contributed by atoms with Crippen molar-refractivity contribution >= 4 is 9.84 Å². The molecule has 0 saturated heterocycles. The average Bonchev–Trinajstić information content (AvgIpc) is 2.91. The lowest BCUT2D eigenvalue weighted by Gasteiger charge is -2.21. The van der Waals surface area contributed by atoms with E-state index in [9.17, 15) is 18.3 Å². The van der Waals surface area contributed by atoms with Crippen LogP contribution in [0.3, 0.4) is 0 Å². The van der Waals surface area contributed by atoms with Gasteiger partial charge >= 0.3 is 0 Å². The number of aryl methyl sites for hydroxylation is 2. The van der Waals surface area contributed by atoms with E-state index in [1.165, 1.54) is 30.9 Å². The van der Waals surface area contributed by atoms with E-state index < -0.39 is 26.2 Å². The van der Waals surface area contributed by atoms with Crippen molar-refractivity contribution in [3.05, 3.63) is 82.7 Å². The number of unbranched alkanes of at least 4 members (excludes halogenated alkanes) is 1. The lowest BCUT2D eigenvalue weighted by atomic mass is 10.1. The highest BCUT2D eigenvalue weighted by atomic mass is 32.2. The maximum Gasteiger partial charge on any atom is 0.296 e. The number of aromatic nitrogens is 3.